The first-order chi connectivity index (χ1) is 14.2. The first-order valence-corrected chi connectivity index (χ1v) is 11.0. The number of aryl methyl sites for hydroxylation is 1. The standard InChI is InChI=1S/C22H21ClN4OS/c1-2-18-24-22-27(25-18)21(28)20(29-22)19(16-9-5-6-10-17(16)23)26-12-11-14-7-3-4-8-15(14)13-26/h3-10,19,28H,2,11-13H2,1H3. The lowest BCUT2D eigenvalue weighted by Crippen LogP contribution is -2.34. The van der Waals surface area contributed by atoms with Gasteiger partial charge < -0.3 is 5.11 Å². The van der Waals surface area contributed by atoms with Crippen molar-refractivity contribution in [2.24, 2.45) is 0 Å². The van der Waals surface area contributed by atoms with E-state index in [1.807, 2.05) is 31.2 Å². The molecule has 7 heteroatoms. The summed E-state index contributed by atoms with van der Waals surface area (Å²) in [5.74, 6) is 0.889. The monoisotopic (exact) mass is 424 g/mol. The third-order valence-electron chi connectivity index (χ3n) is 5.53. The van der Waals surface area contributed by atoms with Gasteiger partial charge in [0, 0.05) is 24.5 Å². The lowest BCUT2D eigenvalue weighted by atomic mass is 9.95. The summed E-state index contributed by atoms with van der Waals surface area (Å²) in [4.78, 5) is 8.48. The molecule has 0 amide bonds. The SMILES string of the molecule is CCc1nc2sc(C(c3ccccc3Cl)N3CCc4ccccc4C3)c(O)n2n1. The number of rotatable bonds is 4. The topological polar surface area (TPSA) is 53.7 Å². The van der Waals surface area contributed by atoms with E-state index in [-0.39, 0.29) is 11.9 Å². The molecule has 0 spiro atoms. The molecule has 1 aliphatic heterocycles. The Labute approximate surface area is 178 Å². The van der Waals surface area contributed by atoms with Gasteiger partial charge in [0.25, 0.3) is 0 Å². The van der Waals surface area contributed by atoms with Gasteiger partial charge in [0.2, 0.25) is 10.8 Å². The molecule has 1 aliphatic rings. The van der Waals surface area contributed by atoms with Crippen LogP contribution in [0, 0.1) is 0 Å². The van der Waals surface area contributed by atoms with Gasteiger partial charge in [0.15, 0.2) is 5.82 Å². The van der Waals surface area contributed by atoms with Crippen LogP contribution >= 0.6 is 22.9 Å². The van der Waals surface area contributed by atoms with Crippen molar-refractivity contribution in [2.75, 3.05) is 6.54 Å². The van der Waals surface area contributed by atoms with Crippen molar-refractivity contribution in [1.29, 1.82) is 0 Å². The van der Waals surface area contributed by atoms with Crippen LogP contribution in [0.5, 0.6) is 5.88 Å². The Morgan fingerprint density at radius 1 is 1.14 bits per heavy atom. The summed E-state index contributed by atoms with van der Waals surface area (Å²) in [5, 5.41) is 16.2. The van der Waals surface area contributed by atoms with Crippen molar-refractivity contribution in [1.82, 2.24) is 19.5 Å². The Kier molecular flexibility index (Phi) is 4.78. The molecule has 2 aromatic heterocycles. The maximum atomic E-state index is 11.0. The van der Waals surface area contributed by atoms with Gasteiger partial charge in [-0.15, -0.1) is 5.10 Å². The Balaban J connectivity index is 1.63. The van der Waals surface area contributed by atoms with E-state index in [4.69, 9.17) is 11.6 Å². The van der Waals surface area contributed by atoms with E-state index in [0.29, 0.717) is 9.98 Å². The molecule has 29 heavy (non-hydrogen) atoms. The Morgan fingerprint density at radius 2 is 1.90 bits per heavy atom. The van der Waals surface area contributed by atoms with Gasteiger partial charge >= 0.3 is 0 Å². The molecule has 5 nitrogen and oxygen atoms in total. The average molecular weight is 425 g/mol. The molecule has 148 valence electrons. The molecule has 2 aromatic carbocycles. The molecule has 1 atom stereocenters. The fraction of sp³-hybridized carbons (Fsp3) is 0.273. The van der Waals surface area contributed by atoms with Crippen molar-refractivity contribution in [3.63, 3.8) is 0 Å². The summed E-state index contributed by atoms with van der Waals surface area (Å²) in [7, 11) is 0. The predicted octanol–water partition coefficient (Wildman–Crippen LogP) is 4.86. The molecular formula is C22H21ClN4OS. The van der Waals surface area contributed by atoms with E-state index < -0.39 is 0 Å². The highest BCUT2D eigenvalue weighted by Crippen LogP contribution is 2.43. The minimum Gasteiger partial charge on any atom is -0.492 e. The Hall–Kier alpha value is -2.41. The van der Waals surface area contributed by atoms with Crippen molar-refractivity contribution in [2.45, 2.75) is 32.4 Å². The van der Waals surface area contributed by atoms with Crippen molar-refractivity contribution >= 4 is 27.9 Å². The molecule has 0 aliphatic carbocycles. The summed E-state index contributed by atoms with van der Waals surface area (Å²) in [5.41, 5.74) is 3.70. The highest BCUT2D eigenvalue weighted by Gasteiger charge is 2.32. The minimum atomic E-state index is -0.157. The second-order valence-corrected chi connectivity index (χ2v) is 8.70. The summed E-state index contributed by atoms with van der Waals surface area (Å²) in [6.07, 6.45) is 1.71. The smallest absolute Gasteiger partial charge is 0.230 e. The summed E-state index contributed by atoms with van der Waals surface area (Å²) >= 11 is 8.11. The van der Waals surface area contributed by atoms with Crippen LogP contribution < -0.4 is 0 Å². The van der Waals surface area contributed by atoms with E-state index in [2.05, 4.69) is 39.2 Å². The van der Waals surface area contributed by atoms with Gasteiger partial charge in [0.05, 0.1) is 10.9 Å². The number of hydrogen-bond acceptors (Lipinski definition) is 5. The van der Waals surface area contributed by atoms with E-state index in [1.165, 1.54) is 22.5 Å². The van der Waals surface area contributed by atoms with Crippen LogP contribution in [0.15, 0.2) is 48.5 Å². The molecular weight excluding hydrogens is 404 g/mol. The molecule has 0 saturated heterocycles. The van der Waals surface area contributed by atoms with Gasteiger partial charge in [-0.3, -0.25) is 4.90 Å². The number of nitrogens with zero attached hydrogens (tertiary/aromatic N) is 4. The van der Waals surface area contributed by atoms with Crippen LogP contribution in [-0.2, 0) is 19.4 Å². The fourth-order valence-corrected chi connectivity index (χ4v) is 5.42. The lowest BCUT2D eigenvalue weighted by Gasteiger charge is -2.35. The van der Waals surface area contributed by atoms with Gasteiger partial charge in [-0.25, -0.2) is 4.98 Å². The van der Waals surface area contributed by atoms with E-state index >= 15 is 0 Å². The van der Waals surface area contributed by atoms with Crippen LogP contribution in [0.4, 0.5) is 0 Å². The molecule has 4 aromatic rings. The van der Waals surface area contributed by atoms with Crippen LogP contribution in [0.25, 0.3) is 4.96 Å². The van der Waals surface area contributed by atoms with E-state index in [0.717, 1.165) is 42.2 Å². The molecule has 1 unspecified atom stereocenters. The fourth-order valence-electron chi connectivity index (χ4n) is 4.06. The molecule has 0 radical (unpaired) electrons. The van der Waals surface area contributed by atoms with Gasteiger partial charge in [-0.1, -0.05) is 72.3 Å². The second kappa shape index (κ2) is 7.44. The number of benzene rings is 2. The van der Waals surface area contributed by atoms with Gasteiger partial charge in [0.1, 0.15) is 0 Å². The molecule has 3 heterocycles. The highest BCUT2D eigenvalue weighted by atomic mass is 35.5. The molecule has 1 N–H and O–H groups in total. The number of aromatic nitrogens is 3. The third-order valence-corrected chi connectivity index (χ3v) is 6.95. The first-order valence-electron chi connectivity index (χ1n) is 9.78. The average Bonchev–Trinajstić information content (AvgIpc) is 3.29. The summed E-state index contributed by atoms with van der Waals surface area (Å²) in [6, 6.07) is 16.3. The first kappa shape index (κ1) is 18.6. The number of hydrogen-bond donors (Lipinski definition) is 1. The quantitative estimate of drug-likeness (QED) is 0.508. The molecule has 0 bridgehead atoms. The normalized spacial score (nSPS) is 15.5. The highest BCUT2D eigenvalue weighted by molar-refractivity contribution is 7.17. The van der Waals surface area contributed by atoms with Crippen molar-refractivity contribution in [3.8, 4) is 5.88 Å². The molecule has 0 fully saturated rings. The van der Waals surface area contributed by atoms with Crippen LogP contribution in [0.1, 0.15) is 40.4 Å². The van der Waals surface area contributed by atoms with Crippen molar-refractivity contribution in [3.05, 3.63) is 80.9 Å². The zero-order chi connectivity index (χ0) is 20.0. The van der Waals surface area contributed by atoms with Crippen LogP contribution in [0.2, 0.25) is 5.02 Å². The Morgan fingerprint density at radius 3 is 2.66 bits per heavy atom. The van der Waals surface area contributed by atoms with Crippen LogP contribution in [0.3, 0.4) is 0 Å². The number of fused-ring (bicyclic) bond motifs is 2. The second-order valence-electron chi connectivity index (χ2n) is 7.28. The van der Waals surface area contributed by atoms with E-state index in [1.54, 1.807) is 4.52 Å². The number of halogens is 1. The molecule has 0 saturated carbocycles. The van der Waals surface area contributed by atoms with Gasteiger partial charge in [-0.2, -0.15) is 4.52 Å². The van der Waals surface area contributed by atoms with E-state index in [9.17, 15) is 5.11 Å². The largest absolute Gasteiger partial charge is 0.492 e. The maximum Gasteiger partial charge on any atom is 0.230 e. The zero-order valence-corrected chi connectivity index (χ0v) is 17.6. The van der Waals surface area contributed by atoms with Crippen LogP contribution in [-0.4, -0.2) is 31.1 Å². The van der Waals surface area contributed by atoms with Crippen molar-refractivity contribution < 1.29 is 5.11 Å². The van der Waals surface area contributed by atoms with Gasteiger partial charge in [-0.05, 0) is 29.2 Å². The summed E-state index contributed by atoms with van der Waals surface area (Å²) < 4.78 is 1.56. The maximum absolute atomic E-state index is 11.0. The summed E-state index contributed by atoms with van der Waals surface area (Å²) in [6.45, 7) is 3.70. The zero-order valence-electron chi connectivity index (χ0n) is 16.0. The molecule has 5 rings (SSSR count). The number of aromatic hydroxyl groups is 1. The third kappa shape index (κ3) is 3.21. The lowest BCUT2D eigenvalue weighted by molar-refractivity contribution is 0.205. The Bertz CT molecular complexity index is 1180. The predicted molar refractivity (Wildman–Crippen MR) is 116 cm³/mol. The minimum absolute atomic E-state index is 0.154. The number of thiazole rings is 1.